The maximum atomic E-state index is 6.43. The normalized spacial score (nSPS) is 15.1. The van der Waals surface area contributed by atoms with Crippen LogP contribution in [-0.4, -0.2) is 4.57 Å². The molecule has 0 amide bonds. The van der Waals surface area contributed by atoms with E-state index in [0.717, 1.165) is 27.6 Å². The molecular weight excluding hydrogens is 607 g/mol. The van der Waals surface area contributed by atoms with Gasteiger partial charge in [-0.25, -0.2) is 0 Å². The molecule has 0 N–H and O–H groups in total. The van der Waals surface area contributed by atoms with Gasteiger partial charge in [0.05, 0.1) is 11.0 Å². The van der Waals surface area contributed by atoms with Gasteiger partial charge in [0.1, 0.15) is 11.2 Å². The first-order chi connectivity index (χ1) is 24.3. The van der Waals surface area contributed by atoms with Gasteiger partial charge in [-0.3, -0.25) is 0 Å². The average molecular weight is 642 g/mol. The Morgan fingerprint density at radius 1 is 0.400 bits per heavy atom. The minimum atomic E-state index is -0.0946. The number of hydrogen-bond donors (Lipinski definition) is 0. The minimum Gasteiger partial charge on any atom is -0.456 e. The van der Waals surface area contributed by atoms with E-state index in [0.29, 0.717) is 0 Å². The summed E-state index contributed by atoms with van der Waals surface area (Å²) in [5, 5.41) is 4.85. The lowest BCUT2D eigenvalue weighted by Gasteiger charge is -2.22. The molecule has 2 aliphatic carbocycles. The molecule has 2 heterocycles. The zero-order chi connectivity index (χ0) is 33.5. The van der Waals surface area contributed by atoms with Crippen molar-refractivity contribution >= 4 is 43.7 Å². The van der Waals surface area contributed by atoms with E-state index in [1.54, 1.807) is 0 Å². The van der Waals surface area contributed by atoms with E-state index in [-0.39, 0.29) is 10.8 Å². The van der Waals surface area contributed by atoms with Gasteiger partial charge < -0.3 is 8.98 Å². The monoisotopic (exact) mass is 641 g/mol. The smallest absolute Gasteiger partial charge is 0.135 e. The van der Waals surface area contributed by atoms with Gasteiger partial charge in [-0.1, -0.05) is 113 Å². The fraction of sp³-hybridized carbons (Fsp3) is 0.125. The van der Waals surface area contributed by atoms with Crippen LogP contribution in [0.15, 0.2) is 144 Å². The van der Waals surface area contributed by atoms with E-state index in [2.05, 4.69) is 172 Å². The fourth-order valence-corrected chi connectivity index (χ4v) is 9.40. The number of hydrogen-bond acceptors (Lipinski definition) is 1. The topological polar surface area (TPSA) is 18.1 Å². The van der Waals surface area contributed by atoms with Gasteiger partial charge in [-0.05, 0) is 110 Å². The average Bonchev–Trinajstić information content (AvgIpc) is 3.80. The van der Waals surface area contributed by atoms with Crippen LogP contribution in [0.3, 0.4) is 0 Å². The van der Waals surface area contributed by atoms with Gasteiger partial charge in [0.25, 0.3) is 0 Å². The summed E-state index contributed by atoms with van der Waals surface area (Å²) in [5.74, 6) is 0. The lowest BCUT2D eigenvalue weighted by Crippen LogP contribution is -2.15. The van der Waals surface area contributed by atoms with Crippen LogP contribution in [0.5, 0.6) is 0 Å². The van der Waals surface area contributed by atoms with Gasteiger partial charge >= 0.3 is 0 Å². The summed E-state index contributed by atoms with van der Waals surface area (Å²) in [6.07, 6.45) is 0. The molecule has 2 aromatic heterocycles. The molecule has 238 valence electrons. The quantitative estimate of drug-likeness (QED) is 0.184. The third-order valence-electron chi connectivity index (χ3n) is 12.0. The van der Waals surface area contributed by atoms with Crippen LogP contribution >= 0.6 is 0 Å². The highest BCUT2D eigenvalue weighted by molar-refractivity contribution is 6.14. The van der Waals surface area contributed by atoms with E-state index >= 15 is 0 Å². The Kier molecular flexibility index (Phi) is 5.28. The maximum absolute atomic E-state index is 6.43. The molecule has 0 saturated heterocycles. The molecule has 50 heavy (non-hydrogen) atoms. The van der Waals surface area contributed by atoms with E-state index < -0.39 is 0 Å². The molecule has 0 aliphatic heterocycles. The lowest BCUT2D eigenvalue weighted by molar-refractivity contribution is 0.660. The standard InChI is InChI=1S/C48H35NO/c1-47(2)39-16-10-8-14-31(39)33-24-35-36-25-34-32-15-9-11-17-40(32)48(3,4)42(34)27-44(36)49(43(35)26-41(33)47)30-19-21-46-38(23-30)37-22-29(18-20-45(37)50-46)28-12-6-5-7-13-28/h5-27H,1-4H3. The summed E-state index contributed by atoms with van der Waals surface area (Å²) >= 11 is 0. The first kappa shape index (κ1) is 28.0. The predicted octanol–water partition coefficient (Wildman–Crippen LogP) is 13.0. The summed E-state index contributed by atoms with van der Waals surface area (Å²) in [7, 11) is 0. The van der Waals surface area contributed by atoms with Crippen molar-refractivity contribution in [2.24, 2.45) is 0 Å². The summed E-state index contributed by atoms with van der Waals surface area (Å²) < 4.78 is 8.95. The Morgan fingerprint density at radius 2 is 0.920 bits per heavy atom. The Morgan fingerprint density at radius 3 is 1.52 bits per heavy atom. The SMILES string of the molecule is CC1(C)c2ccccc2-c2cc3c4cc5c(cc4n(-c4ccc6oc7ccc(-c8ccccc8)cc7c6c4)c3cc21)C(C)(C)c1ccccc1-5. The van der Waals surface area contributed by atoms with E-state index in [9.17, 15) is 0 Å². The predicted molar refractivity (Wildman–Crippen MR) is 209 cm³/mol. The van der Waals surface area contributed by atoms with Crippen molar-refractivity contribution in [1.82, 2.24) is 4.57 Å². The Balaban J connectivity index is 1.23. The van der Waals surface area contributed by atoms with Gasteiger partial charge in [-0.15, -0.1) is 0 Å². The first-order valence-corrected chi connectivity index (χ1v) is 17.7. The van der Waals surface area contributed by atoms with Crippen LogP contribution in [0.2, 0.25) is 0 Å². The highest BCUT2D eigenvalue weighted by Crippen LogP contribution is 2.54. The number of aromatic nitrogens is 1. The zero-order valence-electron chi connectivity index (χ0n) is 28.6. The Hall–Kier alpha value is -5.86. The number of nitrogens with zero attached hydrogens (tertiary/aromatic N) is 1. The molecule has 0 atom stereocenters. The molecule has 11 rings (SSSR count). The number of fused-ring (bicyclic) bond motifs is 12. The number of benzene rings is 7. The largest absolute Gasteiger partial charge is 0.456 e. The van der Waals surface area contributed by atoms with E-state index in [4.69, 9.17) is 4.42 Å². The van der Waals surface area contributed by atoms with Gasteiger partial charge in [0, 0.05) is 38.1 Å². The van der Waals surface area contributed by atoms with Crippen LogP contribution in [0.4, 0.5) is 0 Å². The molecule has 7 aromatic carbocycles. The third-order valence-corrected chi connectivity index (χ3v) is 12.0. The highest BCUT2D eigenvalue weighted by atomic mass is 16.3. The molecule has 0 saturated carbocycles. The van der Waals surface area contributed by atoms with Crippen molar-refractivity contribution in [2.45, 2.75) is 38.5 Å². The molecule has 2 heteroatoms. The fourth-order valence-electron chi connectivity index (χ4n) is 9.40. The van der Waals surface area contributed by atoms with Crippen molar-refractivity contribution in [3.63, 3.8) is 0 Å². The van der Waals surface area contributed by atoms with Crippen molar-refractivity contribution in [2.75, 3.05) is 0 Å². The molecule has 2 aliphatic rings. The lowest BCUT2D eigenvalue weighted by atomic mass is 9.82. The molecular formula is C48H35NO. The number of furan rings is 1. The van der Waals surface area contributed by atoms with E-state index in [1.807, 2.05) is 0 Å². The van der Waals surface area contributed by atoms with Gasteiger partial charge in [0.15, 0.2) is 0 Å². The van der Waals surface area contributed by atoms with Gasteiger partial charge in [-0.2, -0.15) is 0 Å². The van der Waals surface area contributed by atoms with Gasteiger partial charge in [0.2, 0.25) is 0 Å². The minimum absolute atomic E-state index is 0.0946. The Bertz CT molecular complexity index is 2790. The van der Waals surface area contributed by atoms with Crippen molar-refractivity contribution in [3.05, 3.63) is 162 Å². The van der Waals surface area contributed by atoms with Crippen molar-refractivity contribution in [1.29, 1.82) is 0 Å². The molecule has 9 aromatic rings. The second-order valence-electron chi connectivity index (χ2n) is 15.4. The van der Waals surface area contributed by atoms with Crippen molar-refractivity contribution in [3.8, 4) is 39.1 Å². The maximum Gasteiger partial charge on any atom is 0.135 e. The summed E-state index contributed by atoms with van der Waals surface area (Å²) in [5.41, 5.74) is 18.6. The molecule has 0 radical (unpaired) electrons. The summed E-state index contributed by atoms with van der Waals surface area (Å²) in [6.45, 7) is 9.49. The molecule has 0 unspecified atom stereocenters. The van der Waals surface area contributed by atoms with Crippen LogP contribution in [0, 0.1) is 0 Å². The number of rotatable bonds is 2. The first-order valence-electron chi connectivity index (χ1n) is 17.7. The molecule has 0 bridgehead atoms. The second-order valence-corrected chi connectivity index (χ2v) is 15.4. The summed E-state index contributed by atoms with van der Waals surface area (Å²) in [6, 6.07) is 51.7. The van der Waals surface area contributed by atoms with Crippen molar-refractivity contribution < 1.29 is 4.42 Å². The zero-order valence-corrected chi connectivity index (χ0v) is 28.6. The summed E-state index contributed by atoms with van der Waals surface area (Å²) in [4.78, 5) is 0. The van der Waals surface area contributed by atoms with Crippen LogP contribution in [0.1, 0.15) is 49.9 Å². The van der Waals surface area contributed by atoms with Crippen LogP contribution < -0.4 is 0 Å². The molecule has 0 fully saturated rings. The Labute approximate surface area is 291 Å². The highest BCUT2D eigenvalue weighted by Gasteiger charge is 2.38. The molecule has 2 nitrogen and oxygen atoms in total. The molecule has 0 spiro atoms. The second kappa shape index (κ2) is 9.43. The van der Waals surface area contributed by atoms with E-state index in [1.165, 1.54) is 77.4 Å². The third kappa shape index (κ3) is 3.53. The van der Waals surface area contributed by atoms with Crippen LogP contribution in [-0.2, 0) is 10.8 Å². The van der Waals surface area contributed by atoms with Crippen LogP contribution in [0.25, 0.3) is 82.8 Å².